The third kappa shape index (κ3) is 3.48. The van der Waals surface area contributed by atoms with Gasteiger partial charge in [0.25, 0.3) is 0 Å². The van der Waals surface area contributed by atoms with E-state index in [-0.39, 0.29) is 6.54 Å². The van der Waals surface area contributed by atoms with Gasteiger partial charge in [-0.15, -0.1) is 6.58 Å². The van der Waals surface area contributed by atoms with Crippen LogP contribution in [0.4, 0.5) is 4.79 Å². The van der Waals surface area contributed by atoms with E-state index in [1.54, 1.807) is 6.08 Å². The van der Waals surface area contributed by atoms with Crippen LogP contribution in [-0.4, -0.2) is 29.0 Å². The van der Waals surface area contributed by atoms with Gasteiger partial charge in [-0.3, -0.25) is 0 Å². The second-order valence-electron chi connectivity index (χ2n) is 6.89. The van der Waals surface area contributed by atoms with Gasteiger partial charge in [-0.05, 0) is 31.9 Å². The monoisotopic (exact) mass is 334 g/mol. The number of hydrazone groups is 1. The lowest BCUT2D eigenvalue weighted by molar-refractivity contribution is 0.0276. The van der Waals surface area contributed by atoms with Gasteiger partial charge in [-0.1, -0.05) is 54.6 Å². The molecule has 0 spiro atoms. The van der Waals surface area contributed by atoms with Crippen molar-refractivity contribution in [3.8, 4) is 11.1 Å². The van der Waals surface area contributed by atoms with Crippen LogP contribution in [-0.2, 0) is 4.74 Å². The minimum Gasteiger partial charge on any atom is -0.442 e. The number of nitrogens with zero attached hydrogens (tertiary/aromatic N) is 2. The Morgan fingerprint density at radius 1 is 1.04 bits per heavy atom. The molecule has 0 saturated heterocycles. The molecule has 0 aliphatic heterocycles. The zero-order valence-electron chi connectivity index (χ0n) is 14.8. The number of rotatable bonds is 3. The van der Waals surface area contributed by atoms with Crippen LogP contribution in [0.3, 0.4) is 0 Å². The Kier molecular flexibility index (Phi) is 4.45. The summed E-state index contributed by atoms with van der Waals surface area (Å²) in [7, 11) is 0. The molecule has 128 valence electrons. The molecule has 0 heterocycles. The van der Waals surface area contributed by atoms with Gasteiger partial charge < -0.3 is 4.74 Å². The van der Waals surface area contributed by atoms with E-state index in [1.807, 2.05) is 57.2 Å². The lowest BCUT2D eigenvalue weighted by Gasteiger charge is -2.24. The third-order valence-corrected chi connectivity index (χ3v) is 3.78. The molecule has 3 rings (SSSR count). The van der Waals surface area contributed by atoms with Gasteiger partial charge in [-0.25, -0.2) is 4.79 Å². The van der Waals surface area contributed by atoms with E-state index in [2.05, 4.69) is 23.8 Å². The summed E-state index contributed by atoms with van der Waals surface area (Å²) < 4.78 is 5.47. The number of fused-ring (bicyclic) bond motifs is 3. The first-order valence-electron chi connectivity index (χ1n) is 8.30. The van der Waals surface area contributed by atoms with Crippen LogP contribution < -0.4 is 0 Å². The summed E-state index contributed by atoms with van der Waals surface area (Å²) in [6.07, 6.45) is 1.16. The van der Waals surface area contributed by atoms with Gasteiger partial charge in [0.2, 0.25) is 0 Å². The number of carbonyl (C=O) groups excluding carboxylic acids is 1. The molecule has 0 atom stereocenters. The first-order chi connectivity index (χ1) is 11.9. The van der Waals surface area contributed by atoms with E-state index in [9.17, 15) is 4.79 Å². The van der Waals surface area contributed by atoms with Gasteiger partial charge >= 0.3 is 6.09 Å². The highest BCUT2D eigenvalue weighted by molar-refractivity contribution is 6.24. The number of amides is 1. The molecular formula is C21H22N2O2. The van der Waals surface area contributed by atoms with Crippen LogP contribution >= 0.6 is 0 Å². The Labute approximate surface area is 148 Å². The van der Waals surface area contributed by atoms with E-state index < -0.39 is 11.7 Å². The van der Waals surface area contributed by atoms with Gasteiger partial charge in [-0.2, -0.15) is 10.1 Å². The van der Waals surface area contributed by atoms with E-state index in [1.165, 1.54) is 5.01 Å². The first-order valence-corrected chi connectivity index (χ1v) is 8.30. The summed E-state index contributed by atoms with van der Waals surface area (Å²) in [4.78, 5) is 12.5. The van der Waals surface area contributed by atoms with Crippen LogP contribution in [0.5, 0.6) is 0 Å². The van der Waals surface area contributed by atoms with Crippen molar-refractivity contribution < 1.29 is 9.53 Å². The molecule has 1 aliphatic carbocycles. The van der Waals surface area contributed by atoms with Crippen molar-refractivity contribution in [2.24, 2.45) is 5.10 Å². The van der Waals surface area contributed by atoms with E-state index in [4.69, 9.17) is 4.74 Å². The molecule has 1 amide bonds. The standard InChI is InChI=1S/C21H22N2O2/c1-5-14-23(20(24)25-21(2,3)4)22-19-17-12-8-6-10-15(17)16-11-7-9-13-18(16)19/h5-13H,1,14H2,2-4H3. The zero-order chi connectivity index (χ0) is 18.0. The Balaban J connectivity index is 2.06. The predicted molar refractivity (Wildman–Crippen MR) is 101 cm³/mol. The van der Waals surface area contributed by atoms with Crippen LogP contribution in [0.15, 0.2) is 66.3 Å². The van der Waals surface area contributed by atoms with Crippen LogP contribution in [0.2, 0.25) is 0 Å². The fourth-order valence-electron chi connectivity index (χ4n) is 2.82. The number of benzene rings is 2. The van der Waals surface area contributed by atoms with Crippen molar-refractivity contribution in [2.45, 2.75) is 26.4 Å². The van der Waals surface area contributed by atoms with Crippen molar-refractivity contribution >= 4 is 11.8 Å². The summed E-state index contributed by atoms with van der Waals surface area (Å²) in [6, 6.07) is 16.2. The minimum atomic E-state index is -0.581. The number of hydrogen-bond acceptors (Lipinski definition) is 3. The zero-order valence-corrected chi connectivity index (χ0v) is 14.8. The van der Waals surface area contributed by atoms with Crippen molar-refractivity contribution in [1.82, 2.24) is 5.01 Å². The maximum Gasteiger partial charge on any atom is 0.431 e. The lowest BCUT2D eigenvalue weighted by atomic mass is 10.1. The third-order valence-electron chi connectivity index (χ3n) is 3.78. The fourth-order valence-corrected chi connectivity index (χ4v) is 2.82. The maximum atomic E-state index is 12.5. The normalized spacial score (nSPS) is 12.2. The average Bonchev–Trinajstić information content (AvgIpc) is 2.87. The lowest BCUT2D eigenvalue weighted by Crippen LogP contribution is -2.34. The topological polar surface area (TPSA) is 41.9 Å². The second kappa shape index (κ2) is 6.55. The molecule has 0 radical (unpaired) electrons. The maximum absolute atomic E-state index is 12.5. The molecular weight excluding hydrogens is 312 g/mol. The Bertz CT molecular complexity index is 799. The molecule has 0 bridgehead atoms. The number of hydrogen-bond donors (Lipinski definition) is 0. The molecule has 0 aromatic heterocycles. The van der Waals surface area contributed by atoms with E-state index >= 15 is 0 Å². The van der Waals surface area contributed by atoms with Crippen molar-refractivity contribution in [3.63, 3.8) is 0 Å². The van der Waals surface area contributed by atoms with Gasteiger partial charge in [0, 0.05) is 11.1 Å². The molecule has 0 N–H and O–H groups in total. The molecule has 4 heteroatoms. The molecule has 0 fully saturated rings. The van der Waals surface area contributed by atoms with Crippen molar-refractivity contribution in [3.05, 3.63) is 72.3 Å². The number of carbonyl (C=O) groups is 1. The Morgan fingerprint density at radius 3 is 1.96 bits per heavy atom. The molecule has 0 saturated carbocycles. The molecule has 0 unspecified atom stereocenters. The smallest absolute Gasteiger partial charge is 0.431 e. The van der Waals surface area contributed by atoms with Crippen LogP contribution in [0, 0.1) is 0 Å². The first kappa shape index (κ1) is 17.0. The molecule has 2 aromatic rings. The van der Waals surface area contributed by atoms with E-state index in [0.717, 1.165) is 28.0 Å². The highest BCUT2D eigenvalue weighted by atomic mass is 16.6. The molecule has 4 nitrogen and oxygen atoms in total. The molecule has 25 heavy (non-hydrogen) atoms. The Hall–Kier alpha value is -2.88. The van der Waals surface area contributed by atoms with Crippen molar-refractivity contribution in [2.75, 3.05) is 6.54 Å². The highest BCUT2D eigenvalue weighted by Gasteiger charge is 2.27. The van der Waals surface area contributed by atoms with Gasteiger partial charge in [0.05, 0.1) is 12.3 Å². The number of ether oxygens (including phenoxy) is 1. The molecule has 1 aliphatic rings. The highest BCUT2D eigenvalue weighted by Crippen LogP contribution is 2.36. The van der Waals surface area contributed by atoms with Crippen molar-refractivity contribution in [1.29, 1.82) is 0 Å². The van der Waals surface area contributed by atoms with Gasteiger partial charge in [0.1, 0.15) is 5.60 Å². The minimum absolute atomic E-state index is 0.281. The Morgan fingerprint density at radius 2 is 1.52 bits per heavy atom. The summed E-state index contributed by atoms with van der Waals surface area (Å²) in [6.45, 7) is 9.52. The van der Waals surface area contributed by atoms with E-state index in [0.29, 0.717) is 0 Å². The summed E-state index contributed by atoms with van der Waals surface area (Å²) in [5, 5.41) is 5.96. The van der Waals surface area contributed by atoms with Crippen LogP contribution in [0.25, 0.3) is 11.1 Å². The van der Waals surface area contributed by atoms with Crippen LogP contribution in [0.1, 0.15) is 31.9 Å². The van der Waals surface area contributed by atoms with Gasteiger partial charge in [0.15, 0.2) is 0 Å². The molecule has 2 aromatic carbocycles. The second-order valence-corrected chi connectivity index (χ2v) is 6.89. The largest absolute Gasteiger partial charge is 0.442 e. The SMILES string of the molecule is C=CCN(N=C1c2ccccc2-c2ccccc21)C(=O)OC(C)(C)C. The quantitative estimate of drug-likeness (QED) is 0.508. The summed E-state index contributed by atoms with van der Waals surface area (Å²) in [5.74, 6) is 0. The average molecular weight is 334 g/mol. The fraction of sp³-hybridized carbons (Fsp3) is 0.238. The predicted octanol–water partition coefficient (Wildman–Crippen LogP) is 4.84. The summed E-state index contributed by atoms with van der Waals surface area (Å²) >= 11 is 0. The summed E-state index contributed by atoms with van der Waals surface area (Å²) in [5.41, 5.74) is 4.48.